The lowest BCUT2D eigenvalue weighted by atomic mass is 9.59. The molecular weight excluding hydrogens is 483 g/mol. The van der Waals surface area contributed by atoms with Gasteiger partial charge in [-0.15, -0.1) is 0 Å². The molecule has 2 aromatic rings. The molecule has 1 spiro atoms. The van der Waals surface area contributed by atoms with Crippen LogP contribution in [0.2, 0.25) is 5.02 Å². The highest BCUT2D eigenvalue weighted by molar-refractivity contribution is 6.31. The van der Waals surface area contributed by atoms with Gasteiger partial charge in [0.25, 0.3) is 5.91 Å². The first kappa shape index (κ1) is 23.6. The fourth-order valence-corrected chi connectivity index (χ4v) is 5.90. The first-order valence-corrected chi connectivity index (χ1v) is 12.2. The molecule has 2 aliphatic carbocycles. The smallest absolute Gasteiger partial charge is 0.253 e. The largest absolute Gasteiger partial charge is 0.345 e. The number of allylic oxidation sites excluding steroid dienone is 5. The minimum atomic E-state index is -1.08. The number of fused-ring (bicyclic) bond motifs is 2. The van der Waals surface area contributed by atoms with E-state index >= 15 is 0 Å². The third-order valence-corrected chi connectivity index (χ3v) is 7.64. The van der Waals surface area contributed by atoms with E-state index in [0.29, 0.717) is 38.9 Å². The predicted octanol–water partition coefficient (Wildman–Crippen LogP) is 5.60. The summed E-state index contributed by atoms with van der Waals surface area (Å²) in [5, 5.41) is 4.21. The first-order chi connectivity index (χ1) is 16.7. The van der Waals surface area contributed by atoms with Crippen LogP contribution in [-0.2, 0) is 15.0 Å². The van der Waals surface area contributed by atoms with Crippen LogP contribution in [0, 0.1) is 11.8 Å². The number of halogens is 2. The molecule has 3 aliphatic rings. The molecule has 1 N–H and O–H groups in total. The second-order valence-electron chi connectivity index (χ2n) is 9.45. The van der Waals surface area contributed by atoms with Crippen molar-refractivity contribution in [3.63, 3.8) is 0 Å². The number of Topliss-reactive ketones (excluding diaryl/α,β-unsaturated/α-hetero) is 1. The molecule has 1 heterocycles. The van der Waals surface area contributed by atoms with Gasteiger partial charge in [-0.2, -0.15) is 0 Å². The number of hydrogen-bond donors (Lipinski definition) is 1. The maximum atomic E-state index is 13.8. The molecule has 0 radical (unpaired) electrons. The lowest BCUT2D eigenvalue weighted by molar-refractivity contribution is -0.123. The maximum absolute atomic E-state index is 13.8. The summed E-state index contributed by atoms with van der Waals surface area (Å²) in [7, 11) is 3.36. The Balaban J connectivity index is 1.70. The van der Waals surface area contributed by atoms with E-state index in [1.807, 2.05) is 24.3 Å². The lowest BCUT2D eigenvalue weighted by Crippen LogP contribution is -2.47. The van der Waals surface area contributed by atoms with Crippen LogP contribution in [0.5, 0.6) is 0 Å². The standard InChI is InChI=1S/C28H24Cl2N2O3/c1-32(2)26(34)18-7-3-5-16(11-18)21-15-28(22-10-9-20(30)13-24(22)31-27(28)35)23(14-25(21)33)17-6-4-8-19(29)12-17/h3-11,13,15,17,23H,12,14H2,1-2H3,(H,31,35)/t17?,23-,28-/m0/s1. The van der Waals surface area contributed by atoms with Crippen molar-refractivity contribution >= 4 is 52.1 Å². The van der Waals surface area contributed by atoms with Gasteiger partial charge in [0, 0.05) is 47.4 Å². The summed E-state index contributed by atoms with van der Waals surface area (Å²) >= 11 is 12.6. The van der Waals surface area contributed by atoms with E-state index in [9.17, 15) is 14.4 Å². The van der Waals surface area contributed by atoms with Gasteiger partial charge in [-0.25, -0.2) is 0 Å². The Hall–Kier alpha value is -3.15. The van der Waals surface area contributed by atoms with Gasteiger partial charge < -0.3 is 10.2 Å². The fraction of sp³-hybridized carbons (Fsp3) is 0.250. The van der Waals surface area contributed by atoms with Crippen molar-refractivity contribution in [1.82, 2.24) is 4.90 Å². The molecular formula is C28H24Cl2N2O3. The van der Waals surface area contributed by atoms with Crippen LogP contribution in [-0.4, -0.2) is 36.6 Å². The van der Waals surface area contributed by atoms with Gasteiger partial charge in [-0.1, -0.05) is 59.6 Å². The number of hydrogen-bond acceptors (Lipinski definition) is 3. The number of carbonyl (C=O) groups excluding carboxylic acids is 3. The van der Waals surface area contributed by atoms with Gasteiger partial charge in [0.1, 0.15) is 0 Å². The molecule has 2 aromatic carbocycles. The second-order valence-corrected chi connectivity index (χ2v) is 10.4. The molecule has 0 fully saturated rings. The van der Waals surface area contributed by atoms with Crippen LogP contribution in [0.3, 0.4) is 0 Å². The van der Waals surface area contributed by atoms with Gasteiger partial charge in [0.15, 0.2) is 5.78 Å². The van der Waals surface area contributed by atoms with Gasteiger partial charge in [-0.3, -0.25) is 14.4 Å². The Morgan fingerprint density at radius 2 is 1.89 bits per heavy atom. The number of rotatable bonds is 3. The summed E-state index contributed by atoms with van der Waals surface area (Å²) in [5.74, 6) is -0.834. The number of amides is 2. The van der Waals surface area contributed by atoms with E-state index in [4.69, 9.17) is 23.2 Å². The van der Waals surface area contributed by atoms with Crippen molar-refractivity contribution in [2.75, 3.05) is 19.4 Å². The van der Waals surface area contributed by atoms with Crippen LogP contribution in [0.4, 0.5) is 5.69 Å². The minimum Gasteiger partial charge on any atom is -0.345 e. The molecule has 0 bridgehead atoms. The number of nitrogens with one attached hydrogen (secondary N) is 1. The van der Waals surface area contributed by atoms with Crippen LogP contribution in [0.25, 0.3) is 5.57 Å². The summed E-state index contributed by atoms with van der Waals surface area (Å²) < 4.78 is 0. The number of nitrogens with zero attached hydrogens (tertiary/aromatic N) is 1. The van der Waals surface area contributed by atoms with Crippen molar-refractivity contribution < 1.29 is 14.4 Å². The summed E-state index contributed by atoms with van der Waals surface area (Å²) in [4.78, 5) is 41.4. The van der Waals surface area contributed by atoms with Gasteiger partial charge in [-0.05, 0) is 59.7 Å². The number of anilines is 1. The average molecular weight is 507 g/mol. The van der Waals surface area contributed by atoms with E-state index in [0.717, 1.165) is 5.56 Å². The lowest BCUT2D eigenvalue weighted by Gasteiger charge is -2.41. The first-order valence-electron chi connectivity index (χ1n) is 11.4. The Labute approximate surface area is 214 Å². The van der Waals surface area contributed by atoms with Crippen LogP contribution < -0.4 is 5.32 Å². The third kappa shape index (κ3) is 3.93. The van der Waals surface area contributed by atoms with Crippen LogP contribution in [0.1, 0.15) is 34.3 Å². The topological polar surface area (TPSA) is 66.5 Å². The quantitative estimate of drug-likeness (QED) is 0.588. The molecule has 1 unspecified atom stereocenters. The Morgan fingerprint density at radius 1 is 1.09 bits per heavy atom. The molecule has 3 atom stereocenters. The molecule has 5 nitrogen and oxygen atoms in total. The molecule has 7 heteroatoms. The Kier molecular flexibility index (Phi) is 5.94. The van der Waals surface area contributed by atoms with E-state index in [1.165, 1.54) is 4.90 Å². The number of carbonyl (C=O) groups is 3. The average Bonchev–Trinajstić information content (AvgIpc) is 3.10. The van der Waals surface area contributed by atoms with Gasteiger partial charge in [0.2, 0.25) is 5.91 Å². The minimum absolute atomic E-state index is 0.0654. The third-order valence-electron chi connectivity index (χ3n) is 7.12. The SMILES string of the molecule is CN(C)C(=O)c1cccc(C2=C[C@@]3(C(=O)Nc4cc(Cl)ccc43)[C@H](C3C=CC=C(Cl)C3)CC2=O)c1. The Bertz CT molecular complexity index is 1360. The highest BCUT2D eigenvalue weighted by Gasteiger charge is 2.56. The highest BCUT2D eigenvalue weighted by Crippen LogP contribution is 2.54. The van der Waals surface area contributed by atoms with E-state index in [1.54, 1.807) is 56.6 Å². The van der Waals surface area contributed by atoms with Crippen molar-refractivity contribution in [3.05, 3.63) is 93.5 Å². The van der Waals surface area contributed by atoms with E-state index in [-0.39, 0.29) is 35.9 Å². The summed E-state index contributed by atoms with van der Waals surface area (Å²) in [5.41, 5.74) is 1.90. The molecule has 178 valence electrons. The fourth-order valence-electron chi connectivity index (χ4n) is 5.48. The Morgan fingerprint density at radius 3 is 2.63 bits per heavy atom. The van der Waals surface area contributed by atoms with Crippen LogP contribution in [0.15, 0.2) is 71.8 Å². The molecule has 0 aromatic heterocycles. The molecule has 0 saturated heterocycles. The van der Waals surface area contributed by atoms with Crippen LogP contribution >= 0.6 is 23.2 Å². The predicted molar refractivity (Wildman–Crippen MR) is 138 cm³/mol. The van der Waals surface area contributed by atoms with Crippen molar-refractivity contribution in [3.8, 4) is 0 Å². The van der Waals surface area contributed by atoms with Gasteiger partial charge >= 0.3 is 0 Å². The summed E-state index contributed by atoms with van der Waals surface area (Å²) in [6, 6.07) is 12.4. The van der Waals surface area contributed by atoms with Crippen molar-refractivity contribution in [2.24, 2.45) is 11.8 Å². The van der Waals surface area contributed by atoms with Crippen molar-refractivity contribution in [1.29, 1.82) is 0 Å². The van der Waals surface area contributed by atoms with Crippen molar-refractivity contribution in [2.45, 2.75) is 18.3 Å². The van der Waals surface area contributed by atoms with Gasteiger partial charge in [0.05, 0.1) is 5.41 Å². The molecule has 0 saturated carbocycles. The zero-order valence-electron chi connectivity index (χ0n) is 19.3. The normalized spacial score (nSPS) is 25.1. The zero-order valence-corrected chi connectivity index (χ0v) is 20.9. The van der Waals surface area contributed by atoms with E-state index < -0.39 is 5.41 Å². The monoisotopic (exact) mass is 506 g/mol. The molecule has 2 amide bonds. The summed E-state index contributed by atoms with van der Waals surface area (Å²) in [6.07, 6.45) is 8.29. The number of ketones is 1. The maximum Gasteiger partial charge on any atom is 0.253 e. The number of benzene rings is 2. The highest BCUT2D eigenvalue weighted by atomic mass is 35.5. The molecule has 35 heavy (non-hydrogen) atoms. The zero-order chi connectivity index (χ0) is 24.9. The molecule has 1 aliphatic heterocycles. The molecule has 5 rings (SSSR count). The van der Waals surface area contributed by atoms with E-state index in [2.05, 4.69) is 5.32 Å². The second kappa shape index (κ2) is 8.81. The summed E-state index contributed by atoms with van der Waals surface area (Å²) in [6.45, 7) is 0.